The van der Waals surface area contributed by atoms with Gasteiger partial charge in [-0.05, 0) is 23.9 Å². The molecule has 1 atom stereocenters. The molecular weight excluding hydrogens is 204 g/mol. The van der Waals surface area contributed by atoms with E-state index in [0.29, 0.717) is 5.92 Å². The van der Waals surface area contributed by atoms with Gasteiger partial charge in [-0.3, -0.25) is 0 Å². The molecule has 0 aliphatic rings. The summed E-state index contributed by atoms with van der Waals surface area (Å²) in [5.41, 5.74) is 6.16. The number of nitrogens with zero attached hydrogens (tertiary/aromatic N) is 1. The molecule has 1 aromatic heterocycles. The zero-order chi connectivity index (χ0) is 11.3. The van der Waals surface area contributed by atoms with E-state index in [1.165, 1.54) is 4.88 Å². The molecule has 0 aliphatic heterocycles. The highest BCUT2D eigenvalue weighted by molar-refractivity contribution is 7.10. The molecule has 0 saturated heterocycles. The Balaban J connectivity index is 2.44. The van der Waals surface area contributed by atoms with E-state index in [2.05, 4.69) is 43.2 Å². The zero-order valence-electron chi connectivity index (χ0n) is 9.94. The highest BCUT2D eigenvalue weighted by Crippen LogP contribution is 2.17. The van der Waals surface area contributed by atoms with Crippen molar-refractivity contribution < 1.29 is 0 Å². The van der Waals surface area contributed by atoms with Gasteiger partial charge < -0.3 is 10.6 Å². The summed E-state index contributed by atoms with van der Waals surface area (Å²) in [7, 11) is 0. The lowest BCUT2D eigenvalue weighted by molar-refractivity contribution is 0.243. The van der Waals surface area contributed by atoms with E-state index in [0.717, 1.165) is 19.6 Å². The maximum atomic E-state index is 6.16. The number of nitrogens with two attached hydrogens (primary N) is 1. The maximum absolute atomic E-state index is 6.16. The van der Waals surface area contributed by atoms with E-state index in [-0.39, 0.29) is 6.04 Å². The van der Waals surface area contributed by atoms with Crippen molar-refractivity contribution in [1.82, 2.24) is 4.90 Å². The van der Waals surface area contributed by atoms with Crippen LogP contribution in [-0.2, 0) is 0 Å². The Hall–Kier alpha value is -0.380. The van der Waals surface area contributed by atoms with Crippen LogP contribution in [0.2, 0.25) is 0 Å². The van der Waals surface area contributed by atoms with Crippen molar-refractivity contribution in [3.63, 3.8) is 0 Å². The van der Waals surface area contributed by atoms with Crippen LogP contribution in [0.4, 0.5) is 0 Å². The molecule has 0 aliphatic carbocycles. The highest BCUT2D eigenvalue weighted by atomic mass is 32.1. The Bertz CT molecular complexity index is 257. The molecule has 1 aromatic rings. The van der Waals surface area contributed by atoms with Gasteiger partial charge in [0.25, 0.3) is 0 Å². The third-order valence-electron chi connectivity index (χ3n) is 2.43. The normalized spacial score (nSPS) is 13.7. The van der Waals surface area contributed by atoms with E-state index in [1.807, 2.05) is 0 Å². The Morgan fingerprint density at radius 2 is 2.13 bits per heavy atom. The van der Waals surface area contributed by atoms with Crippen LogP contribution in [0.1, 0.15) is 31.7 Å². The van der Waals surface area contributed by atoms with Crippen LogP contribution in [0, 0.1) is 5.92 Å². The molecule has 86 valence electrons. The summed E-state index contributed by atoms with van der Waals surface area (Å²) in [6, 6.07) is 4.36. The predicted octanol–water partition coefficient (Wildman–Crippen LogP) is 2.73. The van der Waals surface area contributed by atoms with Crippen LogP contribution in [0.5, 0.6) is 0 Å². The molecule has 2 N–H and O–H groups in total. The fraction of sp³-hybridized carbons (Fsp3) is 0.667. The smallest absolute Gasteiger partial charge is 0.0519 e. The van der Waals surface area contributed by atoms with Crippen LogP contribution in [0.25, 0.3) is 0 Å². The lowest BCUT2D eigenvalue weighted by Gasteiger charge is -2.25. The second kappa shape index (κ2) is 6.26. The topological polar surface area (TPSA) is 29.3 Å². The third kappa shape index (κ3) is 4.33. The number of rotatable bonds is 6. The molecule has 0 fully saturated rings. The van der Waals surface area contributed by atoms with Gasteiger partial charge in [0.15, 0.2) is 0 Å². The minimum Gasteiger partial charge on any atom is -0.322 e. The Morgan fingerprint density at radius 1 is 1.40 bits per heavy atom. The average Bonchev–Trinajstić information content (AvgIpc) is 2.68. The Morgan fingerprint density at radius 3 is 2.60 bits per heavy atom. The SMILES string of the molecule is CCN(CC(C)C)CC(N)c1cccs1. The summed E-state index contributed by atoms with van der Waals surface area (Å²) in [5.74, 6) is 0.709. The first-order chi connectivity index (χ1) is 7.13. The van der Waals surface area contributed by atoms with Crippen molar-refractivity contribution in [1.29, 1.82) is 0 Å². The van der Waals surface area contributed by atoms with E-state index < -0.39 is 0 Å². The summed E-state index contributed by atoms with van der Waals surface area (Å²) in [4.78, 5) is 3.71. The van der Waals surface area contributed by atoms with Gasteiger partial charge in [0, 0.05) is 18.0 Å². The van der Waals surface area contributed by atoms with E-state index >= 15 is 0 Å². The second-order valence-electron chi connectivity index (χ2n) is 4.37. The van der Waals surface area contributed by atoms with E-state index in [1.54, 1.807) is 11.3 Å². The van der Waals surface area contributed by atoms with Gasteiger partial charge >= 0.3 is 0 Å². The molecule has 0 aromatic carbocycles. The van der Waals surface area contributed by atoms with Crippen molar-refractivity contribution in [2.45, 2.75) is 26.8 Å². The highest BCUT2D eigenvalue weighted by Gasteiger charge is 2.12. The summed E-state index contributed by atoms with van der Waals surface area (Å²) < 4.78 is 0. The van der Waals surface area contributed by atoms with Gasteiger partial charge in [-0.15, -0.1) is 11.3 Å². The number of hydrogen-bond acceptors (Lipinski definition) is 3. The summed E-state index contributed by atoms with van der Waals surface area (Å²) in [5, 5.41) is 2.09. The van der Waals surface area contributed by atoms with Gasteiger partial charge in [-0.2, -0.15) is 0 Å². The third-order valence-corrected chi connectivity index (χ3v) is 3.44. The van der Waals surface area contributed by atoms with Crippen LogP contribution in [0.3, 0.4) is 0 Å². The molecule has 1 unspecified atom stereocenters. The Labute approximate surface area is 97.1 Å². The molecule has 1 heterocycles. The number of thiophene rings is 1. The molecule has 0 bridgehead atoms. The molecule has 1 rings (SSSR count). The van der Waals surface area contributed by atoms with E-state index in [4.69, 9.17) is 5.73 Å². The lowest BCUT2D eigenvalue weighted by Crippen LogP contribution is -2.34. The van der Waals surface area contributed by atoms with E-state index in [9.17, 15) is 0 Å². The van der Waals surface area contributed by atoms with Crippen LogP contribution in [-0.4, -0.2) is 24.5 Å². The summed E-state index contributed by atoms with van der Waals surface area (Å²) >= 11 is 1.75. The second-order valence-corrected chi connectivity index (χ2v) is 5.35. The molecule has 0 radical (unpaired) electrons. The molecule has 3 heteroatoms. The number of likely N-dealkylation sites (N-methyl/N-ethyl adjacent to an activating group) is 1. The van der Waals surface area contributed by atoms with Gasteiger partial charge in [0.05, 0.1) is 6.04 Å². The standard InChI is InChI=1S/C12H22N2S/c1-4-14(8-10(2)3)9-11(13)12-6-5-7-15-12/h5-7,10-11H,4,8-9,13H2,1-3H3. The van der Waals surface area contributed by atoms with Crippen molar-refractivity contribution in [3.8, 4) is 0 Å². The van der Waals surface area contributed by atoms with Crippen molar-refractivity contribution in [2.24, 2.45) is 11.7 Å². The minimum absolute atomic E-state index is 0.170. The van der Waals surface area contributed by atoms with Crippen molar-refractivity contribution in [3.05, 3.63) is 22.4 Å². The fourth-order valence-electron chi connectivity index (χ4n) is 1.72. The van der Waals surface area contributed by atoms with Gasteiger partial charge in [0.1, 0.15) is 0 Å². The largest absolute Gasteiger partial charge is 0.322 e. The van der Waals surface area contributed by atoms with Crippen LogP contribution < -0.4 is 5.73 Å². The zero-order valence-corrected chi connectivity index (χ0v) is 10.8. The molecular formula is C12H22N2S. The molecule has 15 heavy (non-hydrogen) atoms. The monoisotopic (exact) mass is 226 g/mol. The van der Waals surface area contributed by atoms with Crippen molar-refractivity contribution >= 4 is 11.3 Å². The first-order valence-electron chi connectivity index (χ1n) is 5.64. The summed E-state index contributed by atoms with van der Waals surface area (Å²) in [6.45, 7) is 9.88. The molecule has 2 nitrogen and oxygen atoms in total. The van der Waals surface area contributed by atoms with Gasteiger partial charge in [-0.25, -0.2) is 0 Å². The average molecular weight is 226 g/mol. The minimum atomic E-state index is 0.170. The van der Waals surface area contributed by atoms with Crippen LogP contribution in [0.15, 0.2) is 17.5 Å². The molecule has 0 spiro atoms. The number of hydrogen-bond donors (Lipinski definition) is 1. The summed E-state index contributed by atoms with van der Waals surface area (Å²) in [6.07, 6.45) is 0. The fourth-order valence-corrected chi connectivity index (χ4v) is 2.44. The molecule has 0 amide bonds. The lowest BCUT2D eigenvalue weighted by atomic mass is 10.2. The van der Waals surface area contributed by atoms with Crippen molar-refractivity contribution in [2.75, 3.05) is 19.6 Å². The first kappa shape index (κ1) is 12.7. The Kier molecular flexibility index (Phi) is 5.29. The quantitative estimate of drug-likeness (QED) is 0.808. The molecule has 0 saturated carbocycles. The first-order valence-corrected chi connectivity index (χ1v) is 6.52. The van der Waals surface area contributed by atoms with Gasteiger partial charge in [-0.1, -0.05) is 26.8 Å². The van der Waals surface area contributed by atoms with Gasteiger partial charge in [0.2, 0.25) is 0 Å². The van der Waals surface area contributed by atoms with Crippen LogP contribution >= 0.6 is 11.3 Å². The predicted molar refractivity (Wildman–Crippen MR) is 68.2 cm³/mol. The maximum Gasteiger partial charge on any atom is 0.0519 e.